The number of hydrogen-bond acceptors (Lipinski definition) is 3. The van der Waals surface area contributed by atoms with Crippen LogP contribution in [0.3, 0.4) is 0 Å². The highest BCUT2D eigenvalue weighted by Crippen LogP contribution is 2.25. The normalized spacial score (nSPS) is 19.1. The minimum Gasteiger partial charge on any atom is -0.447 e. The summed E-state index contributed by atoms with van der Waals surface area (Å²) in [6.45, 7) is 7.94. The molecule has 1 aromatic rings. The van der Waals surface area contributed by atoms with Crippen LogP contribution in [0.4, 0.5) is 4.79 Å². The first-order valence-corrected chi connectivity index (χ1v) is 7.69. The summed E-state index contributed by atoms with van der Waals surface area (Å²) in [5, 5.41) is 0. The lowest BCUT2D eigenvalue weighted by Gasteiger charge is -2.26. The molecule has 0 bridgehead atoms. The van der Waals surface area contributed by atoms with Crippen molar-refractivity contribution in [2.75, 3.05) is 6.61 Å². The molecule has 4 heteroatoms. The first-order chi connectivity index (χ1) is 10.5. The van der Waals surface area contributed by atoms with Crippen LogP contribution >= 0.6 is 0 Å². The van der Waals surface area contributed by atoms with E-state index in [-0.39, 0.29) is 30.4 Å². The van der Waals surface area contributed by atoms with Gasteiger partial charge in [0, 0.05) is 5.92 Å². The van der Waals surface area contributed by atoms with E-state index < -0.39 is 6.09 Å². The molecule has 2 rings (SSSR count). The van der Waals surface area contributed by atoms with Gasteiger partial charge < -0.3 is 4.74 Å². The lowest BCUT2D eigenvalue weighted by Crippen LogP contribution is -2.44. The van der Waals surface area contributed by atoms with E-state index in [1.807, 2.05) is 44.2 Å². The molecule has 1 aliphatic rings. The van der Waals surface area contributed by atoms with Crippen molar-refractivity contribution in [2.45, 2.75) is 32.7 Å². The molecule has 2 amide bonds. The topological polar surface area (TPSA) is 46.6 Å². The van der Waals surface area contributed by atoms with Gasteiger partial charge >= 0.3 is 6.09 Å². The van der Waals surface area contributed by atoms with Crippen molar-refractivity contribution in [3.05, 3.63) is 48.6 Å². The van der Waals surface area contributed by atoms with Crippen LogP contribution in [-0.2, 0) is 16.0 Å². The number of imide groups is 1. The molecule has 0 aromatic heterocycles. The summed E-state index contributed by atoms with van der Waals surface area (Å²) in [5.74, 6) is -0.240. The molecule has 1 aromatic carbocycles. The second kappa shape index (κ2) is 7.25. The molecular formula is C18H23NO3. The fraction of sp³-hybridized carbons (Fsp3) is 0.444. The second-order valence-corrected chi connectivity index (χ2v) is 6.00. The maximum absolute atomic E-state index is 12.8. The maximum Gasteiger partial charge on any atom is 0.416 e. The van der Waals surface area contributed by atoms with Crippen molar-refractivity contribution in [3.63, 3.8) is 0 Å². The average molecular weight is 301 g/mol. The highest BCUT2D eigenvalue weighted by Gasteiger charge is 2.41. The van der Waals surface area contributed by atoms with Crippen LogP contribution < -0.4 is 0 Å². The number of allylic oxidation sites excluding steroid dienone is 1. The molecule has 0 aliphatic carbocycles. The van der Waals surface area contributed by atoms with E-state index in [0.29, 0.717) is 12.8 Å². The van der Waals surface area contributed by atoms with E-state index in [4.69, 9.17) is 4.74 Å². The monoisotopic (exact) mass is 301 g/mol. The minimum absolute atomic E-state index is 0.149. The van der Waals surface area contributed by atoms with Crippen LogP contribution in [0.15, 0.2) is 43.0 Å². The Bertz CT molecular complexity index is 539. The third kappa shape index (κ3) is 3.56. The Labute approximate surface area is 131 Å². The zero-order valence-corrected chi connectivity index (χ0v) is 13.2. The first-order valence-electron chi connectivity index (χ1n) is 7.69. The molecule has 2 atom stereocenters. The van der Waals surface area contributed by atoms with Gasteiger partial charge in [0.1, 0.15) is 6.61 Å². The lowest BCUT2D eigenvalue weighted by atomic mass is 9.90. The molecule has 1 unspecified atom stereocenters. The molecule has 1 aliphatic heterocycles. The summed E-state index contributed by atoms with van der Waals surface area (Å²) < 4.78 is 5.12. The molecule has 4 nitrogen and oxygen atoms in total. The van der Waals surface area contributed by atoms with E-state index in [0.717, 1.165) is 5.56 Å². The number of hydrogen-bond donors (Lipinski definition) is 0. The summed E-state index contributed by atoms with van der Waals surface area (Å²) in [6, 6.07) is 9.61. The molecule has 1 saturated heterocycles. The standard InChI is InChI=1S/C18H23NO3/c1-4-8-16(13(2)3)17(20)19-15(12-22-18(19)21)11-14-9-6-5-7-10-14/h4-7,9-10,13,15-16H,1,8,11-12H2,2-3H3/t15-,16?/m0/s1. The van der Waals surface area contributed by atoms with Crippen LogP contribution in [0.1, 0.15) is 25.8 Å². The molecule has 1 fully saturated rings. The third-order valence-electron chi connectivity index (χ3n) is 4.06. The van der Waals surface area contributed by atoms with Crippen LogP contribution in [0.25, 0.3) is 0 Å². The van der Waals surface area contributed by atoms with Crippen molar-refractivity contribution in [1.82, 2.24) is 4.90 Å². The quantitative estimate of drug-likeness (QED) is 0.756. The second-order valence-electron chi connectivity index (χ2n) is 6.00. The molecular weight excluding hydrogens is 278 g/mol. The zero-order valence-electron chi connectivity index (χ0n) is 13.2. The average Bonchev–Trinajstić information content (AvgIpc) is 2.85. The predicted octanol–water partition coefficient (Wildman–Crippen LogP) is 3.42. The fourth-order valence-corrected chi connectivity index (χ4v) is 2.78. The number of cyclic esters (lactones) is 1. The molecule has 0 N–H and O–H groups in total. The van der Waals surface area contributed by atoms with Gasteiger partial charge in [-0.05, 0) is 24.3 Å². The van der Waals surface area contributed by atoms with Crippen LogP contribution in [0, 0.1) is 11.8 Å². The van der Waals surface area contributed by atoms with Gasteiger partial charge in [-0.2, -0.15) is 0 Å². The number of carbonyl (C=O) groups excluding carboxylic acids is 2. The van der Waals surface area contributed by atoms with Gasteiger partial charge in [0.05, 0.1) is 6.04 Å². The molecule has 118 valence electrons. The van der Waals surface area contributed by atoms with Crippen LogP contribution in [-0.4, -0.2) is 29.5 Å². The van der Waals surface area contributed by atoms with Gasteiger partial charge in [0.25, 0.3) is 0 Å². The molecule has 22 heavy (non-hydrogen) atoms. The number of ether oxygens (including phenoxy) is 1. The summed E-state index contributed by atoms with van der Waals surface area (Å²) >= 11 is 0. The Kier molecular flexibility index (Phi) is 5.36. The lowest BCUT2D eigenvalue weighted by molar-refractivity contribution is -0.134. The van der Waals surface area contributed by atoms with Gasteiger partial charge in [-0.25, -0.2) is 9.69 Å². The van der Waals surface area contributed by atoms with Crippen molar-refractivity contribution >= 4 is 12.0 Å². The number of nitrogens with zero attached hydrogens (tertiary/aromatic N) is 1. The summed E-state index contributed by atoms with van der Waals surface area (Å²) in [4.78, 5) is 26.1. The maximum atomic E-state index is 12.8. The summed E-state index contributed by atoms with van der Waals surface area (Å²) in [6.07, 6.45) is 2.40. The summed E-state index contributed by atoms with van der Waals surface area (Å²) in [5.41, 5.74) is 1.09. The zero-order chi connectivity index (χ0) is 16.1. The summed E-state index contributed by atoms with van der Waals surface area (Å²) in [7, 11) is 0. The third-order valence-corrected chi connectivity index (χ3v) is 4.06. The van der Waals surface area contributed by atoms with E-state index in [2.05, 4.69) is 6.58 Å². The van der Waals surface area contributed by atoms with Crippen molar-refractivity contribution in [3.8, 4) is 0 Å². The molecule has 0 spiro atoms. The predicted molar refractivity (Wildman–Crippen MR) is 85.3 cm³/mol. The Hall–Kier alpha value is -2.10. The van der Waals surface area contributed by atoms with Crippen LogP contribution in [0.2, 0.25) is 0 Å². The fourth-order valence-electron chi connectivity index (χ4n) is 2.78. The van der Waals surface area contributed by atoms with Gasteiger partial charge in [-0.15, -0.1) is 6.58 Å². The molecule has 1 heterocycles. The Morgan fingerprint density at radius 1 is 1.41 bits per heavy atom. The van der Waals surface area contributed by atoms with Gasteiger partial charge in [-0.1, -0.05) is 50.3 Å². The van der Waals surface area contributed by atoms with Gasteiger partial charge in [0.15, 0.2) is 0 Å². The van der Waals surface area contributed by atoms with Crippen LogP contribution in [0.5, 0.6) is 0 Å². The Morgan fingerprint density at radius 3 is 2.68 bits per heavy atom. The minimum atomic E-state index is -0.527. The van der Waals surface area contributed by atoms with Gasteiger partial charge in [-0.3, -0.25) is 4.79 Å². The first kappa shape index (κ1) is 16.3. The van der Waals surface area contributed by atoms with Crippen molar-refractivity contribution < 1.29 is 14.3 Å². The van der Waals surface area contributed by atoms with Crippen molar-refractivity contribution in [1.29, 1.82) is 0 Å². The van der Waals surface area contributed by atoms with E-state index in [1.54, 1.807) is 6.08 Å². The Balaban J connectivity index is 2.16. The smallest absolute Gasteiger partial charge is 0.416 e. The van der Waals surface area contributed by atoms with E-state index >= 15 is 0 Å². The number of benzene rings is 1. The number of amides is 2. The Morgan fingerprint density at radius 2 is 2.09 bits per heavy atom. The highest BCUT2D eigenvalue weighted by atomic mass is 16.6. The number of carbonyl (C=O) groups is 2. The molecule has 0 radical (unpaired) electrons. The number of rotatable bonds is 6. The largest absolute Gasteiger partial charge is 0.447 e. The molecule has 0 saturated carbocycles. The van der Waals surface area contributed by atoms with Crippen molar-refractivity contribution in [2.24, 2.45) is 11.8 Å². The van der Waals surface area contributed by atoms with E-state index in [9.17, 15) is 9.59 Å². The van der Waals surface area contributed by atoms with E-state index in [1.165, 1.54) is 4.90 Å². The van der Waals surface area contributed by atoms with Gasteiger partial charge in [0.2, 0.25) is 5.91 Å². The SMILES string of the molecule is C=CCC(C(=O)N1C(=O)OC[C@@H]1Cc1ccccc1)C(C)C. The highest BCUT2D eigenvalue weighted by molar-refractivity contribution is 5.95.